The van der Waals surface area contributed by atoms with Crippen LogP contribution in [0.15, 0.2) is 42.5 Å². The van der Waals surface area contributed by atoms with Crippen LogP contribution in [0, 0.1) is 15.9 Å². The van der Waals surface area contributed by atoms with Crippen LogP contribution in [0.3, 0.4) is 0 Å². The van der Waals surface area contributed by atoms with Gasteiger partial charge in [-0.3, -0.25) is 14.9 Å². The maximum atomic E-state index is 14.1. The van der Waals surface area contributed by atoms with Gasteiger partial charge in [0.25, 0.3) is 11.6 Å². The number of benzene rings is 2. The molecule has 1 amide bonds. The summed E-state index contributed by atoms with van der Waals surface area (Å²) >= 11 is 6.11. The summed E-state index contributed by atoms with van der Waals surface area (Å²) in [5, 5.41) is 13.6. The standard InChI is InChI=1S/C18H19ClFN3O4/c1-22(2)16(18-14(19)4-3-5-15(18)20)10-21-17(24)11-27-13-8-6-12(7-9-13)23(25)26/h3-9,16H,10-11H2,1-2H3,(H,21,24). The largest absolute Gasteiger partial charge is 0.484 e. The number of nitro groups is 1. The van der Waals surface area contributed by atoms with Crippen molar-refractivity contribution in [2.24, 2.45) is 0 Å². The highest BCUT2D eigenvalue weighted by atomic mass is 35.5. The van der Waals surface area contributed by atoms with Gasteiger partial charge in [0.15, 0.2) is 6.61 Å². The Hall–Kier alpha value is -2.71. The number of amides is 1. The highest BCUT2D eigenvalue weighted by Crippen LogP contribution is 2.28. The summed E-state index contributed by atoms with van der Waals surface area (Å²) in [4.78, 5) is 23.9. The Morgan fingerprint density at radius 1 is 1.30 bits per heavy atom. The molecular weight excluding hydrogens is 377 g/mol. The number of hydrogen-bond donors (Lipinski definition) is 1. The second kappa shape index (κ2) is 9.29. The molecule has 0 spiro atoms. The lowest BCUT2D eigenvalue weighted by atomic mass is 10.1. The fraction of sp³-hybridized carbons (Fsp3) is 0.278. The van der Waals surface area contributed by atoms with Gasteiger partial charge < -0.3 is 15.0 Å². The van der Waals surface area contributed by atoms with E-state index < -0.39 is 22.7 Å². The second-order valence-electron chi connectivity index (χ2n) is 5.96. The van der Waals surface area contributed by atoms with E-state index in [0.29, 0.717) is 11.3 Å². The molecule has 144 valence electrons. The zero-order chi connectivity index (χ0) is 20.0. The third kappa shape index (κ3) is 5.63. The van der Waals surface area contributed by atoms with E-state index >= 15 is 0 Å². The lowest BCUT2D eigenvalue weighted by molar-refractivity contribution is -0.384. The predicted molar refractivity (Wildman–Crippen MR) is 99.4 cm³/mol. The first-order valence-electron chi connectivity index (χ1n) is 8.04. The third-order valence-corrected chi connectivity index (χ3v) is 4.20. The molecule has 0 fully saturated rings. The highest BCUT2D eigenvalue weighted by molar-refractivity contribution is 6.31. The molecule has 2 aromatic carbocycles. The van der Waals surface area contributed by atoms with Crippen molar-refractivity contribution >= 4 is 23.2 Å². The molecule has 2 aromatic rings. The van der Waals surface area contributed by atoms with E-state index in [9.17, 15) is 19.3 Å². The molecule has 27 heavy (non-hydrogen) atoms. The van der Waals surface area contributed by atoms with Crippen molar-refractivity contribution in [3.05, 3.63) is 69.0 Å². The average molecular weight is 396 g/mol. The number of nitro benzene ring substituents is 1. The van der Waals surface area contributed by atoms with E-state index in [4.69, 9.17) is 16.3 Å². The normalized spacial score (nSPS) is 11.9. The van der Waals surface area contributed by atoms with Crippen LogP contribution in [-0.4, -0.2) is 43.0 Å². The number of rotatable bonds is 8. The van der Waals surface area contributed by atoms with Gasteiger partial charge in [0.1, 0.15) is 11.6 Å². The van der Waals surface area contributed by atoms with Gasteiger partial charge in [-0.1, -0.05) is 17.7 Å². The maximum Gasteiger partial charge on any atom is 0.269 e. The van der Waals surface area contributed by atoms with E-state index in [1.54, 1.807) is 25.1 Å². The summed E-state index contributed by atoms with van der Waals surface area (Å²) in [5.74, 6) is -0.526. The molecule has 1 N–H and O–H groups in total. The molecule has 0 bridgehead atoms. The van der Waals surface area contributed by atoms with Crippen LogP contribution in [0.25, 0.3) is 0 Å². The van der Waals surface area contributed by atoms with Crippen molar-refractivity contribution in [2.45, 2.75) is 6.04 Å². The Morgan fingerprint density at radius 2 is 1.96 bits per heavy atom. The quantitative estimate of drug-likeness (QED) is 0.548. The topological polar surface area (TPSA) is 84.7 Å². The first kappa shape index (κ1) is 20.6. The Kier molecular flexibility index (Phi) is 7.09. The molecule has 1 atom stereocenters. The average Bonchev–Trinajstić information content (AvgIpc) is 2.62. The number of likely N-dealkylation sites (N-methyl/N-ethyl adjacent to an activating group) is 1. The number of ether oxygens (including phenoxy) is 1. The first-order chi connectivity index (χ1) is 12.8. The van der Waals surface area contributed by atoms with E-state index in [1.165, 1.54) is 36.4 Å². The maximum absolute atomic E-state index is 14.1. The molecule has 0 heterocycles. The first-order valence-corrected chi connectivity index (χ1v) is 8.41. The smallest absolute Gasteiger partial charge is 0.269 e. The van der Waals surface area contributed by atoms with Crippen LogP contribution in [0.5, 0.6) is 5.75 Å². The number of nitrogens with one attached hydrogen (secondary N) is 1. The molecule has 0 radical (unpaired) electrons. The molecular formula is C18H19ClFN3O4. The molecule has 7 nitrogen and oxygen atoms in total. The summed E-state index contributed by atoms with van der Waals surface area (Å²) < 4.78 is 19.4. The van der Waals surface area contributed by atoms with Gasteiger partial charge in [0.05, 0.1) is 11.0 Å². The predicted octanol–water partition coefficient (Wildman–Crippen LogP) is 3.19. The fourth-order valence-electron chi connectivity index (χ4n) is 2.45. The van der Waals surface area contributed by atoms with E-state index in [2.05, 4.69) is 5.32 Å². The molecule has 0 aliphatic carbocycles. The van der Waals surface area contributed by atoms with Gasteiger partial charge in [0.2, 0.25) is 0 Å². The Bertz CT molecular complexity index is 795. The van der Waals surface area contributed by atoms with Gasteiger partial charge >= 0.3 is 0 Å². The van der Waals surface area contributed by atoms with Crippen molar-refractivity contribution in [3.8, 4) is 5.75 Å². The van der Waals surface area contributed by atoms with Crippen LogP contribution in [0.1, 0.15) is 11.6 Å². The Balaban J connectivity index is 1.93. The molecule has 1 unspecified atom stereocenters. The number of carbonyl (C=O) groups excluding carboxylic acids is 1. The van der Waals surface area contributed by atoms with E-state index in [1.807, 2.05) is 0 Å². The van der Waals surface area contributed by atoms with Gasteiger partial charge in [0, 0.05) is 29.3 Å². The van der Waals surface area contributed by atoms with Crippen molar-refractivity contribution < 1.29 is 18.8 Å². The van der Waals surface area contributed by atoms with Crippen LogP contribution in [0.4, 0.5) is 10.1 Å². The van der Waals surface area contributed by atoms with Crippen LogP contribution in [-0.2, 0) is 4.79 Å². The Labute approximate surface area is 160 Å². The molecule has 9 heteroatoms. The highest BCUT2D eigenvalue weighted by Gasteiger charge is 2.21. The number of hydrogen-bond acceptors (Lipinski definition) is 5. The van der Waals surface area contributed by atoms with Crippen molar-refractivity contribution in [2.75, 3.05) is 27.2 Å². The van der Waals surface area contributed by atoms with Crippen molar-refractivity contribution in [1.29, 1.82) is 0 Å². The van der Waals surface area contributed by atoms with Crippen molar-refractivity contribution in [3.63, 3.8) is 0 Å². The number of halogens is 2. The van der Waals surface area contributed by atoms with Gasteiger partial charge in [-0.05, 0) is 38.4 Å². The molecule has 0 aliphatic rings. The fourth-order valence-corrected chi connectivity index (χ4v) is 2.74. The lowest BCUT2D eigenvalue weighted by Gasteiger charge is -2.26. The third-order valence-electron chi connectivity index (χ3n) is 3.87. The monoisotopic (exact) mass is 395 g/mol. The minimum atomic E-state index is -0.522. The number of non-ortho nitro benzene ring substituents is 1. The minimum absolute atomic E-state index is 0.0672. The zero-order valence-electron chi connectivity index (χ0n) is 14.8. The van der Waals surface area contributed by atoms with Crippen LogP contribution < -0.4 is 10.1 Å². The van der Waals surface area contributed by atoms with Gasteiger partial charge in [-0.2, -0.15) is 0 Å². The van der Waals surface area contributed by atoms with E-state index in [-0.39, 0.29) is 23.9 Å². The lowest BCUT2D eigenvalue weighted by Crippen LogP contribution is -2.37. The van der Waals surface area contributed by atoms with Crippen molar-refractivity contribution in [1.82, 2.24) is 10.2 Å². The van der Waals surface area contributed by atoms with E-state index in [0.717, 1.165) is 0 Å². The molecule has 2 rings (SSSR count). The Morgan fingerprint density at radius 3 is 2.52 bits per heavy atom. The second-order valence-corrected chi connectivity index (χ2v) is 6.37. The summed E-state index contributed by atoms with van der Waals surface area (Å²) in [5.41, 5.74) is 0.239. The summed E-state index contributed by atoms with van der Waals surface area (Å²) in [6.07, 6.45) is 0. The minimum Gasteiger partial charge on any atom is -0.484 e. The molecule has 0 aliphatic heterocycles. The van der Waals surface area contributed by atoms with Gasteiger partial charge in [-0.15, -0.1) is 0 Å². The number of carbonyl (C=O) groups is 1. The zero-order valence-corrected chi connectivity index (χ0v) is 15.6. The van der Waals surface area contributed by atoms with Gasteiger partial charge in [-0.25, -0.2) is 4.39 Å². The summed E-state index contributed by atoms with van der Waals surface area (Å²) in [6, 6.07) is 9.37. The molecule has 0 saturated heterocycles. The van der Waals surface area contributed by atoms with Crippen LogP contribution >= 0.6 is 11.6 Å². The summed E-state index contributed by atoms with van der Waals surface area (Å²) in [6.45, 7) is -0.140. The summed E-state index contributed by atoms with van der Waals surface area (Å²) in [7, 11) is 3.51. The SMILES string of the molecule is CN(C)C(CNC(=O)COc1ccc([N+](=O)[O-])cc1)c1c(F)cccc1Cl. The number of nitrogens with zero attached hydrogens (tertiary/aromatic N) is 2. The molecule has 0 aromatic heterocycles. The molecule has 0 saturated carbocycles. The van der Waals surface area contributed by atoms with Crippen LogP contribution in [0.2, 0.25) is 5.02 Å².